The van der Waals surface area contributed by atoms with Crippen molar-refractivity contribution < 1.29 is 42.9 Å². The van der Waals surface area contributed by atoms with Crippen LogP contribution in [0.3, 0.4) is 0 Å². The van der Waals surface area contributed by atoms with Gasteiger partial charge in [0.1, 0.15) is 13.2 Å². The van der Waals surface area contributed by atoms with E-state index in [-0.39, 0.29) is 38.6 Å². The molecular formula is C70H117NO8. The number of likely N-dealkylation sites (N-methyl/N-ethyl adjacent to an activating group) is 1. The molecule has 450 valence electrons. The van der Waals surface area contributed by atoms with Crippen LogP contribution >= 0.6 is 0 Å². The highest BCUT2D eigenvalue weighted by molar-refractivity contribution is 5.70. The van der Waals surface area contributed by atoms with Crippen LogP contribution in [0.25, 0.3) is 0 Å². The van der Waals surface area contributed by atoms with Gasteiger partial charge >= 0.3 is 11.9 Å². The van der Waals surface area contributed by atoms with Gasteiger partial charge in [0, 0.05) is 12.8 Å². The summed E-state index contributed by atoms with van der Waals surface area (Å²) in [5.41, 5.74) is 0. The maximum Gasteiger partial charge on any atom is 0.306 e. The molecule has 0 aliphatic rings. The third kappa shape index (κ3) is 61.2. The standard InChI is InChI=1S/C70H117NO8/c1-6-8-10-12-14-16-18-20-22-24-26-28-29-30-31-32-33-34-35-36-37-38-39-41-43-45-47-49-51-53-55-57-59-61-68(73)79-66(65-78-70(69(74)75)76-63-62-71(3,4)5)64-77-67(72)60-58-56-54-52-50-48-46-44-42-40-27-25-23-21-19-17-15-13-11-9-7-2/h8,10,14,16,20,22,26,28,30-31,33-34,36-37,39,41,45,47,51,53,66,70H,6-7,9,11-13,15,17-19,21,23-25,27,29,32,35,38,40,42-44,46,48-50,52,54-65H2,1-5H3/b10-8-,16-14-,22-20-,28-26-,31-30-,34-33-,37-36-,41-39-,47-45-,53-51-. The zero-order valence-corrected chi connectivity index (χ0v) is 51.2. The number of ether oxygens (including phenoxy) is 4. The molecule has 0 fully saturated rings. The molecule has 0 aromatic carbocycles. The molecule has 0 aliphatic carbocycles. The minimum Gasteiger partial charge on any atom is -0.545 e. The van der Waals surface area contributed by atoms with Crippen molar-refractivity contribution >= 4 is 17.9 Å². The van der Waals surface area contributed by atoms with Gasteiger partial charge in [-0.1, -0.05) is 264 Å². The lowest BCUT2D eigenvalue weighted by atomic mass is 10.0. The summed E-state index contributed by atoms with van der Waals surface area (Å²) in [6, 6.07) is 0. The minimum atomic E-state index is -1.64. The first-order valence-corrected chi connectivity index (χ1v) is 31.7. The largest absolute Gasteiger partial charge is 0.545 e. The summed E-state index contributed by atoms with van der Waals surface area (Å²) in [6.45, 7) is 4.59. The Kier molecular flexibility index (Phi) is 56.5. The van der Waals surface area contributed by atoms with E-state index in [1.807, 2.05) is 21.1 Å². The Labute approximate surface area is 485 Å². The number of carboxylic acid groups (broad SMARTS) is 1. The van der Waals surface area contributed by atoms with Crippen molar-refractivity contribution in [3.05, 3.63) is 122 Å². The van der Waals surface area contributed by atoms with Crippen LogP contribution in [0.5, 0.6) is 0 Å². The molecule has 0 spiro atoms. The molecule has 2 unspecified atom stereocenters. The molecule has 0 saturated heterocycles. The summed E-state index contributed by atoms with van der Waals surface area (Å²) in [6.07, 6.45) is 81.2. The Balaban J connectivity index is 4.32. The van der Waals surface area contributed by atoms with Crippen LogP contribution in [-0.2, 0) is 33.3 Å². The molecule has 79 heavy (non-hydrogen) atoms. The predicted octanol–water partition coefficient (Wildman–Crippen LogP) is 17.9. The third-order valence-electron chi connectivity index (χ3n) is 13.2. The predicted molar refractivity (Wildman–Crippen MR) is 333 cm³/mol. The maximum atomic E-state index is 12.9. The normalized spacial score (nSPS) is 13.6. The van der Waals surface area contributed by atoms with Gasteiger partial charge < -0.3 is 33.3 Å². The number of carbonyl (C=O) groups excluding carboxylic acids is 3. The van der Waals surface area contributed by atoms with Crippen LogP contribution in [-0.4, -0.2) is 82.3 Å². The summed E-state index contributed by atoms with van der Waals surface area (Å²) in [7, 11) is 5.90. The molecule has 0 aromatic heterocycles. The van der Waals surface area contributed by atoms with E-state index in [1.165, 1.54) is 116 Å². The van der Waals surface area contributed by atoms with Crippen molar-refractivity contribution in [2.75, 3.05) is 47.5 Å². The van der Waals surface area contributed by atoms with E-state index in [0.29, 0.717) is 17.4 Å². The van der Waals surface area contributed by atoms with Crippen molar-refractivity contribution in [3.63, 3.8) is 0 Å². The molecule has 0 N–H and O–H groups in total. The first kappa shape index (κ1) is 74.7. The smallest absolute Gasteiger partial charge is 0.306 e. The highest BCUT2D eigenvalue weighted by Crippen LogP contribution is 2.16. The van der Waals surface area contributed by atoms with Crippen LogP contribution in [0.2, 0.25) is 0 Å². The number of aliphatic carboxylic acids is 1. The van der Waals surface area contributed by atoms with Gasteiger partial charge in [0.15, 0.2) is 12.4 Å². The van der Waals surface area contributed by atoms with Crippen molar-refractivity contribution in [2.24, 2.45) is 0 Å². The second-order valence-corrected chi connectivity index (χ2v) is 22.0. The summed E-state index contributed by atoms with van der Waals surface area (Å²) >= 11 is 0. The zero-order chi connectivity index (χ0) is 57.6. The zero-order valence-electron chi connectivity index (χ0n) is 51.2. The van der Waals surface area contributed by atoms with Gasteiger partial charge in [-0.3, -0.25) is 9.59 Å². The number of carboxylic acids is 1. The fraction of sp³-hybridized carbons (Fsp3) is 0.671. The van der Waals surface area contributed by atoms with E-state index >= 15 is 0 Å². The van der Waals surface area contributed by atoms with Gasteiger partial charge in [0.25, 0.3) is 0 Å². The van der Waals surface area contributed by atoms with Crippen molar-refractivity contribution in [1.82, 2.24) is 0 Å². The van der Waals surface area contributed by atoms with Gasteiger partial charge in [0.2, 0.25) is 0 Å². The average Bonchev–Trinajstić information content (AvgIpc) is 3.42. The van der Waals surface area contributed by atoms with Crippen LogP contribution in [0.15, 0.2) is 122 Å². The number of carbonyl (C=O) groups is 3. The second-order valence-electron chi connectivity index (χ2n) is 22.0. The molecule has 2 atom stereocenters. The fourth-order valence-corrected chi connectivity index (χ4v) is 8.39. The Bertz CT molecular complexity index is 1710. The minimum absolute atomic E-state index is 0.134. The Morgan fingerprint density at radius 3 is 1.08 bits per heavy atom. The molecule has 0 aromatic rings. The number of nitrogens with zero attached hydrogens (tertiary/aromatic N) is 1. The van der Waals surface area contributed by atoms with Gasteiger partial charge in [-0.2, -0.15) is 0 Å². The number of hydrogen-bond acceptors (Lipinski definition) is 8. The Morgan fingerprint density at radius 2 is 0.722 bits per heavy atom. The molecular weight excluding hydrogens is 983 g/mol. The van der Waals surface area contributed by atoms with Gasteiger partial charge in [-0.05, 0) is 89.9 Å². The number of rotatable bonds is 57. The van der Waals surface area contributed by atoms with Crippen molar-refractivity contribution in [2.45, 2.75) is 257 Å². The monoisotopic (exact) mass is 1100 g/mol. The maximum absolute atomic E-state index is 12.9. The third-order valence-corrected chi connectivity index (χ3v) is 13.2. The molecule has 0 aliphatic heterocycles. The number of unbranched alkanes of at least 4 members (excludes halogenated alkanes) is 22. The number of allylic oxidation sites excluding steroid dienone is 20. The molecule has 0 bridgehead atoms. The van der Waals surface area contributed by atoms with E-state index in [2.05, 4.69) is 135 Å². The summed E-state index contributed by atoms with van der Waals surface area (Å²) in [5, 5.41) is 11.8. The molecule has 0 radical (unpaired) electrons. The van der Waals surface area contributed by atoms with E-state index < -0.39 is 24.3 Å². The van der Waals surface area contributed by atoms with Crippen LogP contribution in [0, 0.1) is 0 Å². The van der Waals surface area contributed by atoms with Gasteiger partial charge in [0.05, 0.1) is 40.3 Å². The average molecular weight is 1100 g/mol. The van der Waals surface area contributed by atoms with Crippen molar-refractivity contribution in [1.29, 1.82) is 0 Å². The lowest BCUT2D eigenvalue weighted by Gasteiger charge is -2.26. The molecule has 0 heterocycles. The highest BCUT2D eigenvalue weighted by atomic mass is 16.7. The molecule has 9 heteroatoms. The lowest BCUT2D eigenvalue weighted by molar-refractivity contribution is -0.870. The topological polar surface area (TPSA) is 111 Å². The lowest BCUT2D eigenvalue weighted by Crippen LogP contribution is -2.44. The van der Waals surface area contributed by atoms with Gasteiger partial charge in [-0.15, -0.1) is 0 Å². The van der Waals surface area contributed by atoms with Crippen LogP contribution in [0.4, 0.5) is 0 Å². The number of hydrogen-bond donors (Lipinski definition) is 0. The second kappa shape index (κ2) is 59.8. The van der Waals surface area contributed by atoms with Crippen molar-refractivity contribution in [3.8, 4) is 0 Å². The molecule has 9 nitrogen and oxygen atoms in total. The molecule has 0 amide bonds. The summed E-state index contributed by atoms with van der Waals surface area (Å²) in [5.74, 6) is -2.35. The first-order valence-electron chi connectivity index (χ1n) is 31.7. The number of quaternary nitrogens is 1. The molecule has 0 rings (SSSR count). The van der Waals surface area contributed by atoms with E-state index in [1.54, 1.807) is 0 Å². The SMILES string of the molecule is CC/C=C\C/C=C\C/C=C\C/C=C\C/C=C\C/C=C\C/C=C\C/C=C\C/C=C\C/C=C\CCCCC(=O)OC(COC(=O)CCCCCCCCCCCCCCCCCCCCCCC)COC(OCC[N+](C)(C)C)C(=O)[O-]. The van der Waals surface area contributed by atoms with Gasteiger partial charge in [-0.25, -0.2) is 0 Å². The number of esters is 2. The highest BCUT2D eigenvalue weighted by Gasteiger charge is 2.22. The van der Waals surface area contributed by atoms with Crippen LogP contribution < -0.4 is 5.11 Å². The Morgan fingerprint density at radius 1 is 0.392 bits per heavy atom. The first-order chi connectivity index (χ1) is 38.6. The Hall–Kier alpha value is -4.31. The quantitative estimate of drug-likeness (QED) is 0.0195. The summed E-state index contributed by atoms with van der Waals surface area (Å²) < 4.78 is 22.7. The fourth-order valence-electron chi connectivity index (χ4n) is 8.39. The van der Waals surface area contributed by atoms with E-state index in [0.717, 1.165) is 96.3 Å². The van der Waals surface area contributed by atoms with E-state index in [4.69, 9.17) is 18.9 Å². The molecule has 0 saturated carbocycles. The van der Waals surface area contributed by atoms with Crippen LogP contribution in [0.1, 0.15) is 245 Å². The summed E-state index contributed by atoms with van der Waals surface area (Å²) in [4.78, 5) is 37.4. The van der Waals surface area contributed by atoms with E-state index in [9.17, 15) is 19.5 Å².